The van der Waals surface area contributed by atoms with E-state index in [4.69, 9.17) is 11.7 Å². The van der Waals surface area contributed by atoms with Crippen molar-refractivity contribution in [2.45, 2.75) is 13.3 Å². The Morgan fingerprint density at radius 1 is 1.22 bits per heavy atom. The first kappa shape index (κ1) is 17.3. The smallest absolute Gasteiger partial charge is 0.256 e. The number of halogens is 1. The third-order valence-electron chi connectivity index (χ3n) is 3.36. The average Bonchev–Trinajstić information content (AvgIpc) is 2.56. The monoisotopic (exact) mass is 378 g/mol. The molecule has 0 fully saturated rings. The normalized spacial score (nSPS) is 10.4. The van der Waals surface area contributed by atoms with E-state index in [9.17, 15) is 4.79 Å². The van der Waals surface area contributed by atoms with E-state index in [2.05, 4.69) is 25.9 Å². The average molecular weight is 379 g/mol. The Kier molecular flexibility index (Phi) is 6.03. The van der Waals surface area contributed by atoms with E-state index in [1.807, 2.05) is 6.92 Å². The molecule has 122 valence electrons. The first-order valence-electron chi connectivity index (χ1n) is 7.17. The van der Waals surface area contributed by atoms with Gasteiger partial charge in [0.05, 0.1) is 15.7 Å². The van der Waals surface area contributed by atoms with Gasteiger partial charge in [-0.3, -0.25) is 4.79 Å². The van der Waals surface area contributed by atoms with Crippen molar-refractivity contribution in [2.75, 3.05) is 18.2 Å². The lowest BCUT2D eigenvalue weighted by Gasteiger charge is -2.23. The molecular weight excluding hydrogens is 360 g/mol. The van der Waals surface area contributed by atoms with Crippen LogP contribution in [0.4, 0.5) is 5.69 Å². The molecule has 1 aromatic carbocycles. The molecule has 2 rings (SSSR count). The second kappa shape index (κ2) is 8.00. The predicted molar refractivity (Wildman–Crippen MR) is 92.3 cm³/mol. The van der Waals surface area contributed by atoms with E-state index in [1.54, 1.807) is 41.6 Å². The maximum atomic E-state index is 12.7. The highest BCUT2D eigenvalue weighted by atomic mass is 79.9. The molecule has 0 aliphatic carbocycles. The maximum absolute atomic E-state index is 12.7. The zero-order valence-electron chi connectivity index (χ0n) is 12.8. The molecule has 1 amide bonds. The minimum Gasteiger partial charge on any atom is -0.338 e. The molecule has 0 spiro atoms. The van der Waals surface area contributed by atoms with E-state index in [0.717, 1.165) is 9.59 Å². The summed E-state index contributed by atoms with van der Waals surface area (Å²) in [5, 5.41) is 0.957. The number of nitrogens with zero attached hydrogens (tertiary/aromatic N) is 4. The number of hydrogen-bond donors (Lipinski definition) is 2. The van der Waals surface area contributed by atoms with Crippen molar-refractivity contribution in [1.29, 1.82) is 0 Å². The van der Waals surface area contributed by atoms with Crippen LogP contribution in [0.15, 0.2) is 41.1 Å². The summed E-state index contributed by atoms with van der Waals surface area (Å²) < 4.78 is 0.824. The number of amides is 1. The Labute approximate surface area is 143 Å². The van der Waals surface area contributed by atoms with Gasteiger partial charge in [-0.1, -0.05) is 12.1 Å². The number of nitrogens with two attached hydrogens (primary N) is 2. The Bertz CT molecular complexity index is 661. The fourth-order valence-corrected chi connectivity index (χ4v) is 2.36. The first-order chi connectivity index (χ1) is 11.0. The number of carbonyl (C=O) groups is 1. The number of anilines is 1. The highest BCUT2D eigenvalue weighted by Gasteiger charge is 2.19. The van der Waals surface area contributed by atoms with Crippen LogP contribution in [-0.4, -0.2) is 33.9 Å². The summed E-state index contributed by atoms with van der Waals surface area (Å²) in [6, 6.07) is 6.98. The van der Waals surface area contributed by atoms with E-state index < -0.39 is 0 Å². The Balaban J connectivity index is 2.11. The second-order valence-electron chi connectivity index (χ2n) is 4.88. The lowest BCUT2D eigenvalue weighted by molar-refractivity contribution is 0.0766. The number of hydrazine groups is 2. The number of carbonyl (C=O) groups excluding carboxylic acids is 1. The SMILES string of the molecule is CCN(CCc1ncc(Br)cn1)C(=O)c1ccccc1N(N)N. The minimum atomic E-state index is -0.124. The second-order valence-corrected chi connectivity index (χ2v) is 5.79. The summed E-state index contributed by atoms with van der Waals surface area (Å²) in [7, 11) is 0. The molecular formula is C15H19BrN6O. The molecule has 0 bridgehead atoms. The van der Waals surface area contributed by atoms with Crippen molar-refractivity contribution >= 4 is 27.5 Å². The molecule has 0 unspecified atom stereocenters. The molecule has 0 atom stereocenters. The quantitative estimate of drug-likeness (QED) is 0.583. The van der Waals surface area contributed by atoms with Crippen LogP contribution in [0, 0.1) is 0 Å². The van der Waals surface area contributed by atoms with E-state index in [1.165, 1.54) is 0 Å². The van der Waals surface area contributed by atoms with Crippen molar-refractivity contribution in [3.63, 3.8) is 0 Å². The third kappa shape index (κ3) is 4.47. The largest absolute Gasteiger partial charge is 0.338 e. The van der Waals surface area contributed by atoms with Crippen LogP contribution >= 0.6 is 15.9 Å². The number of aromatic nitrogens is 2. The van der Waals surface area contributed by atoms with Crippen LogP contribution in [0.1, 0.15) is 23.1 Å². The predicted octanol–water partition coefficient (Wildman–Crippen LogP) is 1.50. The number of benzene rings is 1. The van der Waals surface area contributed by atoms with Gasteiger partial charge >= 0.3 is 0 Å². The molecule has 2 aromatic rings. The Hall–Kier alpha value is -2.03. The van der Waals surface area contributed by atoms with Gasteiger partial charge in [0, 0.05) is 31.9 Å². The summed E-state index contributed by atoms with van der Waals surface area (Å²) in [6.07, 6.45) is 3.96. The lowest BCUT2D eigenvalue weighted by atomic mass is 10.1. The molecule has 8 heteroatoms. The summed E-state index contributed by atoms with van der Waals surface area (Å²) in [6.45, 7) is 3.00. The number of hydrogen-bond acceptors (Lipinski definition) is 6. The van der Waals surface area contributed by atoms with Crippen molar-refractivity contribution in [3.05, 3.63) is 52.5 Å². The standard InChI is InChI=1S/C15H19BrN6O/c1-2-21(8-7-14-19-9-11(16)10-20-14)15(23)12-5-3-4-6-13(12)22(17)18/h3-6,9-10H,2,7-8,17-18H2,1H3. The van der Waals surface area contributed by atoms with Crippen LogP contribution in [0.3, 0.4) is 0 Å². The van der Waals surface area contributed by atoms with Crippen molar-refractivity contribution in [3.8, 4) is 0 Å². The van der Waals surface area contributed by atoms with Crippen molar-refractivity contribution < 1.29 is 4.79 Å². The van der Waals surface area contributed by atoms with Gasteiger partial charge in [-0.25, -0.2) is 26.8 Å². The van der Waals surface area contributed by atoms with E-state index >= 15 is 0 Å². The highest BCUT2D eigenvalue weighted by molar-refractivity contribution is 9.10. The van der Waals surface area contributed by atoms with Crippen LogP contribution in [-0.2, 0) is 6.42 Å². The first-order valence-corrected chi connectivity index (χ1v) is 7.96. The summed E-state index contributed by atoms with van der Waals surface area (Å²) in [4.78, 5) is 22.9. The maximum Gasteiger partial charge on any atom is 0.256 e. The topological polar surface area (TPSA) is 101 Å². The summed E-state index contributed by atoms with van der Waals surface area (Å²) in [5.41, 5.74) is 0.951. The van der Waals surface area contributed by atoms with E-state index in [-0.39, 0.29) is 5.91 Å². The minimum absolute atomic E-state index is 0.124. The zero-order chi connectivity index (χ0) is 16.8. The fraction of sp³-hybridized carbons (Fsp3) is 0.267. The van der Waals surface area contributed by atoms with Crippen LogP contribution in [0.25, 0.3) is 0 Å². The fourth-order valence-electron chi connectivity index (χ4n) is 2.16. The van der Waals surface area contributed by atoms with Gasteiger partial charge in [-0.2, -0.15) is 0 Å². The molecule has 0 saturated heterocycles. The lowest BCUT2D eigenvalue weighted by Crippen LogP contribution is -2.40. The van der Waals surface area contributed by atoms with Crippen molar-refractivity contribution in [1.82, 2.24) is 14.9 Å². The number of para-hydroxylation sites is 1. The van der Waals surface area contributed by atoms with Gasteiger partial charge in [0.15, 0.2) is 0 Å². The van der Waals surface area contributed by atoms with Gasteiger partial charge in [-0.15, -0.1) is 0 Å². The molecule has 1 heterocycles. The van der Waals surface area contributed by atoms with Crippen molar-refractivity contribution in [2.24, 2.45) is 11.7 Å². The molecule has 4 N–H and O–H groups in total. The molecule has 1 aromatic heterocycles. The highest BCUT2D eigenvalue weighted by Crippen LogP contribution is 2.18. The van der Waals surface area contributed by atoms with Gasteiger partial charge in [0.25, 0.3) is 5.91 Å². The molecule has 0 radical (unpaired) electrons. The third-order valence-corrected chi connectivity index (χ3v) is 3.77. The van der Waals surface area contributed by atoms with Gasteiger partial charge in [-0.05, 0) is 35.0 Å². The molecule has 0 aliphatic heterocycles. The zero-order valence-corrected chi connectivity index (χ0v) is 14.4. The summed E-state index contributed by atoms with van der Waals surface area (Å²) >= 11 is 3.30. The Morgan fingerprint density at radius 2 is 1.87 bits per heavy atom. The molecule has 0 aliphatic rings. The number of rotatable bonds is 6. The van der Waals surface area contributed by atoms with Crippen LogP contribution < -0.4 is 16.8 Å². The van der Waals surface area contributed by atoms with Gasteiger partial charge < -0.3 is 4.90 Å². The van der Waals surface area contributed by atoms with E-state index in [0.29, 0.717) is 36.6 Å². The number of likely N-dealkylation sites (N-methyl/N-ethyl adjacent to an activating group) is 1. The Morgan fingerprint density at radius 3 is 2.48 bits per heavy atom. The molecule has 0 saturated carbocycles. The molecule has 23 heavy (non-hydrogen) atoms. The molecule has 7 nitrogen and oxygen atoms in total. The van der Waals surface area contributed by atoms with Gasteiger partial charge in [0.2, 0.25) is 0 Å². The van der Waals surface area contributed by atoms with Crippen LogP contribution in [0.2, 0.25) is 0 Å². The van der Waals surface area contributed by atoms with Crippen LogP contribution in [0.5, 0.6) is 0 Å². The van der Waals surface area contributed by atoms with Gasteiger partial charge in [0.1, 0.15) is 5.82 Å². The summed E-state index contributed by atoms with van der Waals surface area (Å²) in [5.74, 6) is 11.7.